The first kappa shape index (κ1) is 21.0. The lowest BCUT2D eigenvalue weighted by Gasteiger charge is -2.12. The van der Waals surface area contributed by atoms with Crippen molar-refractivity contribution in [2.45, 2.75) is 6.54 Å². The van der Waals surface area contributed by atoms with Gasteiger partial charge in [-0.3, -0.25) is 14.2 Å². The molecule has 0 saturated heterocycles. The fourth-order valence-corrected chi connectivity index (χ4v) is 2.80. The smallest absolute Gasteiger partial charge is 0.352 e. The number of methoxy groups -OCH3 is 2. The number of hydrogen-bond acceptors (Lipinski definition) is 6. The summed E-state index contributed by atoms with van der Waals surface area (Å²) >= 11 is 0. The summed E-state index contributed by atoms with van der Waals surface area (Å²) in [5.74, 6) is -0.0805. The van der Waals surface area contributed by atoms with E-state index in [0.717, 1.165) is 14.8 Å². The Morgan fingerprint density at radius 2 is 1.73 bits per heavy atom. The Morgan fingerprint density at radius 1 is 1.03 bits per heavy atom. The molecule has 0 spiro atoms. The number of aromatic nitrogens is 3. The number of carbonyl (C=O) groups excluding carboxylic acids is 1. The maximum absolute atomic E-state index is 13.1. The Balaban J connectivity index is 2.12. The van der Waals surface area contributed by atoms with E-state index >= 15 is 0 Å². The largest absolute Gasteiger partial charge is 0.497 e. The van der Waals surface area contributed by atoms with Crippen LogP contribution in [0.5, 0.6) is 5.75 Å². The van der Waals surface area contributed by atoms with Crippen molar-refractivity contribution in [3.8, 4) is 11.4 Å². The predicted molar refractivity (Wildman–Crippen MR) is 110 cm³/mol. The quantitative estimate of drug-likeness (QED) is 0.552. The summed E-state index contributed by atoms with van der Waals surface area (Å²) in [6.45, 7) is 0.494. The van der Waals surface area contributed by atoms with Crippen molar-refractivity contribution in [2.75, 3.05) is 27.4 Å². The number of nitrogens with one attached hydrogen (secondary N) is 1. The third-order valence-electron chi connectivity index (χ3n) is 4.37. The van der Waals surface area contributed by atoms with Crippen LogP contribution in [0.2, 0.25) is 0 Å². The number of ether oxygens (including phenoxy) is 2. The first-order valence-electron chi connectivity index (χ1n) is 9.25. The molecular formula is C21H22N4O5. The minimum absolute atomic E-state index is 0.00946. The van der Waals surface area contributed by atoms with Crippen molar-refractivity contribution in [2.24, 2.45) is 0 Å². The molecule has 0 fully saturated rings. The highest BCUT2D eigenvalue weighted by Gasteiger charge is 2.20. The molecule has 2 aromatic carbocycles. The van der Waals surface area contributed by atoms with Gasteiger partial charge in [-0.25, -0.2) is 4.79 Å². The molecule has 0 aliphatic carbocycles. The average Bonchev–Trinajstić information content (AvgIpc) is 2.77. The third-order valence-corrected chi connectivity index (χ3v) is 4.37. The second-order valence-electron chi connectivity index (χ2n) is 6.37. The van der Waals surface area contributed by atoms with E-state index in [1.165, 1.54) is 14.2 Å². The van der Waals surface area contributed by atoms with E-state index in [0.29, 0.717) is 11.4 Å². The van der Waals surface area contributed by atoms with Crippen LogP contribution in [0.3, 0.4) is 0 Å². The SMILES string of the molecule is COCCNC(=O)c1nn(-c2ccc(OC)cc2)c(=O)n(Cc2ccccc2)c1=O. The van der Waals surface area contributed by atoms with Gasteiger partial charge in [0.25, 0.3) is 11.5 Å². The molecule has 1 N–H and O–H groups in total. The molecule has 0 aliphatic rings. The van der Waals surface area contributed by atoms with Gasteiger partial charge >= 0.3 is 5.69 Å². The highest BCUT2D eigenvalue weighted by molar-refractivity contribution is 5.91. The van der Waals surface area contributed by atoms with Crippen LogP contribution in [0.1, 0.15) is 16.1 Å². The fraction of sp³-hybridized carbons (Fsp3) is 0.238. The standard InChI is InChI=1S/C21H22N4O5/c1-29-13-12-22-19(26)18-20(27)24(14-15-6-4-3-5-7-15)21(28)25(23-18)16-8-10-17(30-2)11-9-16/h3-11H,12-14H2,1-2H3,(H,22,26). The summed E-state index contributed by atoms with van der Waals surface area (Å²) in [5.41, 5.74) is -0.646. The van der Waals surface area contributed by atoms with Crippen molar-refractivity contribution in [3.63, 3.8) is 0 Å². The van der Waals surface area contributed by atoms with Crippen LogP contribution < -0.4 is 21.3 Å². The van der Waals surface area contributed by atoms with Gasteiger partial charge in [0.05, 0.1) is 25.9 Å². The van der Waals surface area contributed by atoms with Gasteiger partial charge in [0.2, 0.25) is 5.69 Å². The summed E-state index contributed by atoms with van der Waals surface area (Å²) in [5, 5.41) is 6.63. The van der Waals surface area contributed by atoms with Crippen molar-refractivity contribution in [1.82, 2.24) is 19.7 Å². The monoisotopic (exact) mass is 410 g/mol. The molecule has 0 saturated carbocycles. The number of hydrogen-bond donors (Lipinski definition) is 1. The number of rotatable bonds is 8. The van der Waals surface area contributed by atoms with Crippen LogP contribution in [-0.4, -0.2) is 47.6 Å². The minimum Gasteiger partial charge on any atom is -0.497 e. The molecule has 3 rings (SSSR count). The zero-order valence-corrected chi connectivity index (χ0v) is 16.7. The van der Waals surface area contributed by atoms with E-state index < -0.39 is 17.2 Å². The van der Waals surface area contributed by atoms with Crippen LogP contribution in [-0.2, 0) is 11.3 Å². The highest BCUT2D eigenvalue weighted by Crippen LogP contribution is 2.13. The van der Waals surface area contributed by atoms with Gasteiger partial charge in [-0.05, 0) is 29.8 Å². The van der Waals surface area contributed by atoms with Crippen molar-refractivity contribution < 1.29 is 14.3 Å². The normalized spacial score (nSPS) is 10.6. The molecule has 0 radical (unpaired) electrons. The highest BCUT2D eigenvalue weighted by atomic mass is 16.5. The Morgan fingerprint density at radius 3 is 2.37 bits per heavy atom. The lowest BCUT2D eigenvalue weighted by atomic mass is 10.2. The van der Waals surface area contributed by atoms with Gasteiger partial charge in [0, 0.05) is 13.7 Å². The van der Waals surface area contributed by atoms with Crippen LogP contribution in [0.4, 0.5) is 0 Å². The molecule has 1 amide bonds. The summed E-state index contributed by atoms with van der Waals surface area (Å²) in [6, 6.07) is 15.6. The van der Waals surface area contributed by atoms with E-state index in [1.807, 2.05) is 18.2 Å². The maximum Gasteiger partial charge on any atom is 0.352 e. The average molecular weight is 410 g/mol. The minimum atomic E-state index is -0.761. The van der Waals surface area contributed by atoms with Gasteiger partial charge in [-0.2, -0.15) is 9.78 Å². The van der Waals surface area contributed by atoms with Gasteiger partial charge < -0.3 is 14.8 Å². The summed E-state index contributed by atoms with van der Waals surface area (Å²) < 4.78 is 12.1. The molecule has 0 bridgehead atoms. The van der Waals surface area contributed by atoms with Crippen LogP contribution in [0, 0.1) is 0 Å². The third kappa shape index (κ3) is 4.64. The van der Waals surface area contributed by atoms with Crippen molar-refractivity contribution in [3.05, 3.63) is 86.7 Å². The first-order chi connectivity index (χ1) is 14.5. The van der Waals surface area contributed by atoms with Crippen LogP contribution in [0.25, 0.3) is 5.69 Å². The number of benzene rings is 2. The number of nitrogens with zero attached hydrogens (tertiary/aromatic N) is 3. The topological polar surface area (TPSA) is 104 Å². The fourth-order valence-electron chi connectivity index (χ4n) is 2.80. The maximum atomic E-state index is 13.1. The molecule has 1 aromatic heterocycles. The van der Waals surface area contributed by atoms with E-state index in [9.17, 15) is 14.4 Å². The molecule has 0 aliphatic heterocycles. The zero-order chi connectivity index (χ0) is 21.5. The van der Waals surface area contributed by atoms with Crippen LogP contribution in [0.15, 0.2) is 64.2 Å². The molecule has 30 heavy (non-hydrogen) atoms. The molecule has 0 unspecified atom stereocenters. The van der Waals surface area contributed by atoms with Gasteiger partial charge in [-0.15, -0.1) is 0 Å². The van der Waals surface area contributed by atoms with Crippen molar-refractivity contribution in [1.29, 1.82) is 0 Å². The van der Waals surface area contributed by atoms with E-state index in [2.05, 4.69) is 10.4 Å². The van der Waals surface area contributed by atoms with E-state index in [4.69, 9.17) is 9.47 Å². The Hall–Kier alpha value is -3.72. The first-order valence-corrected chi connectivity index (χ1v) is 9.25. The molecule has 156 valence electrons. The molecule has 9 nitrogen and oxygen atoms in total. The van der Waals surface area contributed by atoms with Crippen molar-refractivity contribution >= 4 is 5.91 Å². The van der Waals surface area contributed by atoms with E-state index in [-0.39, 0.29) is 25.4 Å². The Kier molecular flexibility index (Phi) is 6.76. The van der Waals surface area contributed by atoms with Crippen LogP contribution >= 0.6 is 0 Å². The molecule has 9 heteroatoms. The predicted octanol–water partition coefficient (Wildman–Crippen LogP) is 0.827. The lowest BCUT2D eigenvalue weighted by Crippen LogP contribution is -2.46. The van der Waals surface area contributed by atoms with Gasteiger partial charge in [-0.1, -0.05) is 30.3 Å². The summed E-state index contributed by atoms with van der Waals surface area (Å²) in [4.78, 5) is 38.6. The zero-order valence-electron chi connectivity index (χ0n) is 16.7. The molecule has 3 aromatic rings. The lowest BCUT2D eigenvalue weighted by molar-refractivity contribution is 0.0927. The number of carbonyl (C=O) groups is 1. The molecule has 1 heterocycles. The van der Waals surface area contributed by atoms with Gasteiger partial charge in [0.15, 0.2) is 0 Å². The number of amides is 1. The summed E-state index contributed by atoms with van der Waals surface area (Å²) in [7, 11) is 3.03. The Labute approximate surface area is 172 Å². The molecule has 0 atom stereocenters. The van der Waals surface area contributed by atoms with E-state index in [1.54, 1.807) is 36.4 Å². The molecular weight excluding hydrogens is 388 g/mol. The second kappa shape index (κ2) is 9.66. The van der Waals surface area contributed by atoms with Gasteiger partial charge in [0.1, 0.15) is 5.75 Å². The summed E-state index contributed by atoms with van der Waals surface area (Å²) in [6.07, 6.45) is 0. The Bertz CT molecular complexity index is 1120. The second-order valence-corrected chi connectivity index (χ2v) is 6.37.